The maximum Gasteiger partial charge on any atom is 0.251 e. The number of benzene rings is 1. The van der Waals surface area contributed by atoms with Crippen LogP contribution in [-0.2, 0) is 0 Å². The fraction of sp³-hybridized carbons (Fsp3) is 0.333. The van der Waals surface area contributed by atoms with Gasteiger partial charge < -0.3 is 15.8 Å². The predicted molar refractivity (Wildman–Crippen MR) is 90.5 cm³/mol. The lowest BCUT2D eigenvalue weighted by molar-refractivity contribution is 0.0934. The van der Waals surface area contributed by atoms with Gasteiger partial charge in [-0.1, -0.05) is 13.0 Å². The molecular weight excluding hydrogens is 290 g/mol. The molecule has 0 aliphatic heterocycles. The standard InChI is InChI=1S/C18H23N3O2/c1-3-16(17-11-13(2)7-9-20-17)21-18(22)14-5-4-6-15(12-14)23-10-8-19/h4-7,9,11-12,16H,3,8,10,19H2,1-2H3,(H,21,22)/t16-/m1/s1. The van der Waals surface area contributed by atoms with Gasteiger partial charge in [-0.2, -0.15) is 0 Å². The van der Waals surface area contributed by atoms with Crippen LogP contribution in [0.3, 0.4) is 0 Å². The van der Waals surface area contributed by atoms with E-state index in [9.17, 15) is 4.79 Å². The second kappa shape index (κ2) is 8.29. The molecule has 2 rings (SSSR count). The molecule has 0 saturated heterocycles. The molecule has 1 aromatic heterocycles. The molecule has 23 heavy (non-hydrogen) atoms. The van der Waals surface area contributed by atoms with Crippen LogP contribution in [0.2, 0.25) is 0 Å². The number of rotatable bonds is 7. The number of hydrogen-bond donors (Lipinski definition) is 2. The van der Waals surface area contributed by atoms with E-state index in [1.54, 1.807) is 24.4 Å². The fourth-order valence-corrected chi connectivity index (χ4v) is 2.28. The van der Waals surface area contributed by atoms with Gasteiger partial charge in [0.1, 0.15) is 12.4 Å². The van der Waals surface area contributed by atoms with Crippen LogP contribution in [0.1, 0.15) is 41.0 Å². The van der Waals surface area contributed by atoms with Gasteiger partial charge in [0, 0.05) is 18.3 Å². The Hall–Kier alpha value is -2.40. The van der Waals surface area contributed by atoms with Crippen molar-refractivity contribution >= 4 is 5.91 Å². The molecule has 0 saturated carbocycles. The summed E-state index contributed by atoms with van der Waals surface area (Å²) in [6, 6.07) is 10.9. The summed E-state index contributed by atoms with van der Waals surface area (Å²) < 4.78 is 5.46. The van der Waals surface area contributed by atoms with Crippen LogP contribution < -0.4 is 15.8 Å². The van der Waals surface area contributed by atoms with Gasteiger partial charge in [-0.15, -0.1) is 0 Å². The lowest BCUT2D eigenvalue weighted by Crippen LogP contribution is -2.28. The van der Waals surface area contributed by atoms with Crippen LogP contribution in [0.15, 0.2) is 42.6 Å². The Kier molecular flexibility index (Phi) is 6.11. The first-order chi connectivity index (χ1) is 11.1. The molecule has 0 aliphatic carbocycles. The van der Waals surface area contributed by atoms with Gasteiger partial charge in [-0.25, -0.2) is 0 Å². The zero-order chi connectivity index (χ0) is 16.7. The molecule has 1 heterocycles. The Labute approximate surface area is 136 Å². The zero-order valence-electron chi connectivity index (χ0n) is 13.6. The molecule has 0 aliphatic rings. The number of carbonyl (C=O) groups excluding carboxylic acids is 1. The Balaban J connectivity index is 2.10. The summed E-state index contributed by atoms with van der Waals surface area (Å²) in [5.74, 6) is 0.503. The van der Waals surface area contributed by atoms with E-state index >= 15 is 0 Å². The normalized spacial score (nSPS) is 11.8. The van der Waals surface area contributed by atoms with E-state index in [2.05, 4.69) is 10.3 Å². The van der Waals surface area contributed by atoms with Crippen LogP contribution in [0.5, 0.6) is 5.75 Å². The summed E-state index contributed by atoms with van der Waals surface area (Å²) in [6.45, 7) is 4.90. The van der Waals surface area contributed by atoms with E-state index in [-0.39, 0.29) is 11.9 Å². The zero-order valence-corrected chi connectivity index (χ0v) is 13.6. The van der Waals surface area contributed by atoms with Crippen molar-refractivity contribution in [3.63, 3.8) is 0 Å². The molecule has 5 heteroatoms. The van der Waals surface area contributed by atoms with Crippen molar-refractivity contribution in [1.82, 2.24) is 10.3 Å². The number of aromatic nitrogens is 1. The minimum atomic E-state index is -0.140. The van der Waals surface area contributed by atoms with Crippen LogP contribution >= 0.6 is 0 Å². The molecular formula is C18H23N3O2. The molecule has 0 radical (unpaired) electrons. The highest BCUT2D eigenvalue weighted by atomic mass is 16.5. The van der Waals surface area contributed by atoms with Crippen molar-refractivity contribution in [3.8, 4) is 5.75 Å². The van der Waals surface area contributed by atoms with Gasteiger partial charge in [0.05, 0.1) is 11.7 Å². The van der Waals surface area contributed by atoms with Crippen LogP contribution in [0, 0.1) is 6.92 Å². The molecule has 0 bridgehead atoms. The lowest BCUT2D eigenvalue weighted by atomic mass is 10.1. The maximum absolute atomic E-state index is 12.5. The summed E-state index contributed by atoms with van der Waals surface area (Å²) in [7, 11) is 0. The van der Waals surface area contributed by atoms with Gasteiger partial charge in [-0.3, -0.25) is 9.78 Å². The molecule has 0 spiro atoms. The first kappa shape index (κ1) is 17.0. The first-order valence-electron chi connectivity index (χ1n) is 7.80. The molecule has 5 nitrogen and oxygen atoms in total. The number of aryl methyl sites for hydroxylation is 1. The summed E-state index contributed by atoms with van der Waals surface area (Å²) in [5, 5.41) is 3.03. The van der Waals surface area contributed by atoms with Gasteiger partial charge in [0.15, 0.2) is 0 Å². The molecule has 3 N–H and O–H groups in total. The largest absolute Gasteiger partial charge is 0.492 e. The average Bonchev–Trinajstić information content (AvgIpc) is 2.57. The number of nitrogens with zero attached hydrogens (tertiary/aromatic N) is 1. The third-order valence-corrected chi connectivity index (χ3v) is 3.49. The number of nitrogens with one attached hydrogen (secondary N) is 1. The first-order valence-corrected chi connectivity index (χ1v) is 7.80. The molecule has 0 fully saturated rings. The van der Waals surface area contributed by atoms with Crippen molar-refractivity contribution in [2.75, 3.05) is 13.2 Å². The second-order valence-electron chi connectivity index (χ2n) is 5.36. The molecule has 122 valence electrons. The van der Waals surface area contributed by atoms with Crippen molar-refractivity contribution in [2.45, 2.75) is 26.3 Å². The smallest absolute Gasteiger partial charge is 0.251 e. The lowest BCUT2D eigenvalue weighted by Gasteiger charge is -2.17. The quantitative estimate of drug-likeness (QED) is 0.823. The number of hydrogen-bond acceptors (Lipinski definition) is 4. The minimum Gasteiger partial charge on any atom is -0.492 e. The monoisotopic (exact) mass is 313 g/mol. The molecule has 1 atom stereocenters. The van der Waals surface area contributed by atoms with E-state index in [1.165, 1.54) is 0 Å². The van der Waals surface area contributed by atoms with E-state index in [1.807, 2.05) is 32.0 Å². The van der Waals surface area contributed by atoms with Crippen molar-refractivity contribution < 1.29 is 9.53 Å². The molecule has 2 aromatic rings. The van der Waals surface area contributed by atoms with E-state index < -0.39 is 0 Å². The third kappa shape index (κ3) is 4.79. The number of nitrogens with two attached hydrogens (primary N) is 1. The Bertz CT molecular complexity index is 658. The van der Waals surface area contributed by atoms with Gasteiger partial charge in [0.2, 0.25) is 0 Å². The Morgan fingerprint density at radius 1 is 1.35 bits per heavy atom. The Morgan fingerprint density at radius 3 is 2.87 bits per heavy atom. The number of pyridine rings is 1. The topological polar surface area (TPSA) is 77.2 Å². The number of amides is 1. The molecule has 0 unspecified atom stereocenters. The van der Waals surface area contributed by atoms with Crippen molar-refractivity contribution in [2.24, 2.45) is 5.73 Å². The van der Waals surface area contributed by atoms with E-state index in [4.69, 9.17) is 10.5 Å². The molecule has 1 amide bonds. The minimum absolute atomic E-state index is 0.115. The average molecular weight is 313 g/mol. The summed E-state index contributed by atoms with van der Waals surface area (Å²) in [4.78, 5) is 16.8. The predicted octanol–water partition coefficient (Wildman–Crippen LogP) is 2.61. The van der Waals surface area contributed by atoms with Crippen molar-refractivity contribution in [1.29, 1.82) is 0 Å². The van der Waals surface area contributed by atoms with Crippen LogP contribution in [-0.4, -0.2) is 24.0 Å². The third-order valence-electron chi connectivity index (χ3n) is 3.49. The maximum atomic E-state index is 12.5. The van der Waals surface area contributed by atoms with Gasteiger partial charge in [0.25, 0.3) is 5.91 Å². The van der Waals surface area contributed by atoms with Crippen LogP contribution in [0.4, 0.5) is 0 Å². The Morgan fingerprint density at radius 2 is 2.17 bits per heavy atom. The molecule has 1 aromatic carbocycles. The van der Waals surface area contributed by atoms with Crippen molar-refractivity contribution in [3.05, 3.63) is 59.4 Å². The number of carbonyl (C=O) groups is 1. The highest BCUT2D eigenvalue weighted by molar-refractivity contribution is 5.94. The highest BCUT2D eigenvalue weighted by Gasteiger charge is 2.15. The summed E-state index contributed by atoms with van der Waals surface area (Å²) >= 11 is 0. The summed E-state index contributed by atoms with van der Waals surface area (Å²) in [5.41, 5.74) is 7.98. The van der Waals surface area contributed by atoms with Crippen LogP contribution in [0.25, 0.3) is 0 Å². The fourth-order valence-electron chi connectivity index (χ4n) is 2.28. The van der Waals surface area contributed by atoms with E-state index in [0.717, 1.165) is 17.7 Å². The van der Waals surface area contributed by atoms with Gasteiger partial charge >= 0.3 is 0 Å². The summed E-state index contributed by atoms with van der Waals surface area (Å²) in [6.07, 6.45) is 2.53. The van der Waals surface area contributed by atoms with Gasteiger partial charge in [-0.05, 0) is 49.2 Å². The highest BCUT2D eigenvalue weighted by Crippen LogP contribution is 2.18. The second-order valence-corrected chi connectivity index (χ2v) is 5.36. The van der Waals surface area contributed by atoms with E-state index in [0.29, 0.717) is 24.5 Å². The number of ether oxygens (including phenoxy) is 1. The SMILES string of the molecule is CC[C@@H](NC(=O)c1cccc(OCCN)c1)c1cc(C)ccn1.